The van der Waals surface area contributed by atoms with E-state index in [9.17, 15) is 9.59 Å². The molecule has 1 rings (SSSR count). The quantitative estimate of drug-likeness (QED) is 0.721. The molecule has 5 nitrogen and oxygen atoms in total. The Morgan fingerprint density at radius 3 is 2.25 bits per heavy atom. The van der Waals surface area contributed by atoms with Crippen molar-refractivity contribution in [3.05, 3.63) is 0 Å². The molecule has 92 valence electrons. The van der Waals surface area contributed by atoms with Crippen LogP contribution in [0.4, 0.5) is 4.79 Å². The maximum Gasteiger partial charge on any atom is 0.328 e. The van der Waals surface area contributed by atoms with Gasteiger partial charge in [0.05, 0.1) is 7.11 Å². The Balaban J connectivity index is 2.41. The third-order valence-electron chi connectivity index (χ3n) is 2.79. The number of urea groups is 1. The van der Waals surface area contributed by atoms with Gasteiger partial charge in [0.1, 0.15) is 6.04 Å². The van der Waals surface area contributed by atoms with Crippen LogP contribution in [0.5, 0.6) is 0 Å². The van der Waals surface area contributed by atoms with Gasteiger partial charge in [-0.2, -0.15) is 0 Å². The number of rotatable bonds is 2. The van der Waals surface area contributed by atoms with Crippen LogP contribution in [0.1, 0.15) is 32.6 Å². The molecule has 5 heteroatoms. The number of likely N-dealkylation sites (tertiary alicyclic amines) is 1. The predicted molar refractivity (Wildman–Crippen MR) is 60.1 cm³/mol. The highest BCUT2D eigenvalue weighted by Crippen LogP contribution is 2.09. The van der Waals surface area contributed by atoms with Gasteiger partial charge in [-0.3, -0.25) is 0 Å². The molecule has 1 atom stereocenters. The number of ether oxygens (including phenoxy) is 1. The summed E-state index contributed by atoms with van der Waals surface area (Å²) in [6, 6.07) is -0.749. The number of nitrogens with one attached hydrogen (secondary N) is 1. The smallest absolute Gasteiger partial charge is 0.328 e. The first-order chi connectivity index (χ1) is 7.65. The molecule has 1 aliphatic heterocycles. The summed E-state index contributed by atoms with van der Waals surface area (Å²) in [4.78, 5) is 24.7. The third kappa shape index (κ3) is 3.72. The molecule has 0 aromatic carbocycles. The molecule has 0 bridgehead atoms. The molecule has 0 saturated carbocycles. The van der Waals surface area contributed by atoms with Gasteiger partial charge in [0.15, 0.2) is 0 Å². The van der Waals surface area contributed by atoms with Crippen molar-refractivity contribution in [2.24, 2.45) is 0 Å². The van der Waals surface area contributed by atoms with E-state index in [2.05, 4.69) is 10.1 Å². The highest BCUT2D eigenvalue weighted by Gasteiger charge is 2.20. The van der Waals surface area contributed by atoms with Gasteiger partial charge in [0.25, 0.3) is 0 Å². The van der Waals surface area contributed by atoms with E-state index in [1.54, 1.807) is 11.8 Å². The van der Waals surface area contributed by atoms with Crippen LogP contribution < -0.4 is 5.32 Å². The van der Waals surface area contributed by atoms with Crippen molar-refractivity contribution in [2.75, 3.05) is 20.2 Å². The molecule has 0 aromatic rings. The standard InChI is InChI=1S/C11H20N2O3/c1-9(10(14)16-2)12-11(15)13-7-5-3-4-6-8-13/h9H,3-8H2,1-2H3,(H,12,15). The van der Waals surface area contributed by atoms with E-state index in [1.165, 1.54) is 20.0 Å². The van der Waals surface area contributed by atoms with Crippen molar-refractivity contribution >= 4 is 12.0 Å². The second-order valence-corrected chi connectivity index (χ2v) is 4.10. The second-order valence-electron chi connectivity index (χ2n) is 4.10. The van der Waals surface area contributed by atoms with Crippen molar-refractivity contribution in [1.82, 2.24) is 10.2 Å². The maximum atomic E-state index is 11.8. The first-order valence-corrected chi connectivity index (χ1v) is 5.78. The van der Waals surface area contributed by atoms with Gasteiger partial charge in [-0.1, -0.05) is 12.8 Å². The molecule has 0 aliphatic carbocycles. The Labute approximate surface area is 96.1 Å². The van der Waals surface area contributed by atoms with Crippen LogP contribution in [0.3, 0.4) is 0 Å². The number of amides is 2. The molecular weight excluding hydrogens is 208 g/mol. The minimum absolute atomic E-state index is 0.167. The van der Waals surface area contributed by atoms with Crippen LogP contribution in [0.25, 0.3) is 0 Å². The van der Waals surface area contributed by atoms with Gasteiger partial charge >= 0.3 is 12.0 Å². The largest absolute Gasteiger partial charge is 0.467 e. The summed E-state index contributed by atoms with van der Waals surface area (Å²) in [5, 5.41) is 2.64. The lowest BCUT2D eigenvalue weighted by Crippen LogP contribution is -2.47. The number of hydrogen-bond acceptors (Lipinski definition) is 3. The van der Waals surface area contributed by atoms with E-state index < -0.39 is 12.0 Å². The molecule has 1 unspecified atom stereocenters. The van der Waals surface area contributed by atoms with Crippen molar-refractivity contribution in [1.29, 1.82) is 0 Å². The first kappa shape index (κ1) is 12.8. The van der Waals surface area contributed by atoms with Crippen molar-refractivity contribution < 1.29 is 14.3 Å². The van der Waals surface area contributed by atoms with E-state index in [0.717, 1.165) is 25.9 Å². The first-order valence-electron chi connectivity index (χ1n) is 5.78. The van der Waals surface area contributed by atoms with Crippen LogP contribution in [0, 0.1) is 0 Å². The van der Waals surface area contributed by atoms with Crippen LogP contribution in [-0.4, -0.2) is 43.1 Å². The molecule has 1 saturated heterocycles. The van der Waals surface area contributed by atoms with Crippen molar-refractivity contribution in [2.45, 2.75) is 38.6 Å². The molecule has 1 fully saturated rings. The average molecular weight is 228 g/mol. The Morgan fingerprint density at radius 2 is 1.75 bits per heavy atom. The normalized spacial score (nSPS) is 18.5. The van der Waals surface area contributed by atoms with Crippen LogP contribution in [0.15, 0.2) is 0 Å². The Morgan fingerprint density at radius 1 is 1.19 bits per heavy atom. The van der Waals surface area contributed by atoms with Gasteiger partial charge in [-0.25, -0.2) is 9.59 Å². The number of carbonyl (C=O) groups is 2. The van der Waals surface area contributed by atoms with E-state index in [-0.39, 0.29) is 6.03 Å². The molecule has 16 heavy (non-hydrogen) atoms. The summed E-state index contributed by atoms with van der Waals surface area (Å²) in [7, 11) is 1.32. The minimum atomic E-state index is -0.583. The van der Waals surface area contributed by atoms with Crippen LogP contribution in [-0.2, 0) is 9.53 Å². The highest BCUT2D eigenvalue weighted by molar-refractivity contribution is 5.83. The molecular formula is C11H20N2O3. The Bertz CT molecular complexity index is 248. The van der Waals surface area contributed by atoms with Crippen LogP contribution >= 0.6 is 0 Å². The number of carbonyl (C=O) groups excluding carboxylic acids is 2. The summed E-state index contributed by atoms with van der Waals surface area (Å²) < 4.78 is 4.55. The summed E-state index contributed by atoms with van der Waals surface area (Å²) in [6.45, 7) is 3.18. The molecule has 1 N–H and O–H groups in total. The number of hydrogen-bond donors (Lipinski definition) is 1. The monoisotopic (exact) mass is 228 g/mol. The Kier molecular flexibility index (Phi) is 5.08. The predicted octanol–water partition coefficient (Wildman–Crippen LogP) is 1.13. The van der Waals surface area contributed by atoms with Gasteiger partial charge in [0, 0.05) is 13.1 Å². The van der Waals surface area contributed by atoms with E-state index >= 15 is 0 Å². The van der Waals surface area contributed by atoms with Gasteiger partial charge in [-0.15, -0.1) is 0 Å². The summed E-state index contributed by atoms with van der Waals surface area (Å²) in [6.07, 6.45) is 4.44. The second kappa shape index (κ2) is 6.35. The summed E-state index contributed by atoms with van der Waals surface area (Å²) in [5.74, 6) is -0.414. The number of nitrogens with zero attached hydrogens (tertiary/aromatic N) is 1. The fraction of sp³-hybridized carbons (Fsp3) is 0.818. The lowest BCUT2D eigenvalue weighted by Gasteiger charge is -2.22. The molecule has 1 aliphatic rings. The average Bonchev–Trinajstić information content (AvgIpc) is 2.56. The Hall–Kier alpha value is -1.26. The molecule has 0 spiro atoms. The lowest BCUT2D eigenvalue weighted by molar-refractivity contribution is -0.142. The fourth-order valence-corrected chi connectivity index (χ4v) is 1.79. The maximum absolute atomic E-state index is 11.8. The number of esters is 1. The SMILES string of the molecule is COC(=O)C(C)NC(=O)N1CCCCCC1. The zero-order chi connectivity index (χ0) is 12.0. The van der Waals surface area contributed by atoms with E-state index in [0.29, 0.717) is 0 Å². The minimum Gasteiger partial charge on any atom is -0.467 e. The highest BCUT2D eigenvalue weighted by atomic mass is 16.5. The van der Waals surface area contributed by atoms with Crippen molar-refractivity contribution in [3.63, 3.8) is 0 Å². The zero-order valence-corrected chi connectivity index (χ0v) is 9.99. The topological polar surface area (TPSA) is 58.6 Å². The van der Waals surface area contributed by atoms with E-state index in [1.807, 2.05) is 0 Å². The van der Waals surface area contributed by atoms with E-state index in [4.69, 9.17) is 0 Å². The lowest BCUT2D eigenvalue weighted by atomic mass is 10.2. The molecule has 1 heterocycles. The van der Waals surface area contributed by atoms with Gasteiger partial charge in [0.2, 0.25) is 0 Å². The fourth-order valence-electron chi connectivity index (χ4n) is 1.79. The van der Waals surface area contributed by atoms with Gasteiger partial charge < -0.3 is 15.0 Å². The molecule has 2 amide bonds. The zero-order valence-electron chi connectivity index (χ0n) is 9.99. The molecule has 0 aromatic heterocycles. The summed E-state index contributed by atoms with van der Waals surface area (Å²) >= 11 is 0. The van der Waals surface area contributed by atoms with Crippen LogP contribution in [0.2, 0.25) is 0 Å². The van der Waals surface area contributed by atoms with Crippen molar-refractivity contribution in [3.8, 4) is 0 Å². The number of methoxy groups -OCH3 is 1. The third-order valence-corrected chi connectivity index (χ3v) is 2.79. The van der Waals surface area contributed by atoms with Gasteiger partial charge in [-0.05, 0) is 19.8 Å². The molecule has 0 radical (unpaired) electrons. The summed E-state index contributed by atoms with van der Waals surface area (Å²) in [5.41, 5.74) is 0.